The van der Waals surface area contributed by atoms with Gasteiger partial charge in [0.25, 0.3) is 0 Å². The van der Waals surface area contributed by atoms with Crippen LogP contribution in [0, 0.1) is 12.3 Å². The van der Waals surface area contributed by atoms with Crippen LogP contribution in [-0.2, 0) is 4.74 Å². The molecule has 4 heteroatoms. The van der Waals surface area contributed by atoms with Gasteiger partial charge in [-0.25, -0.2) is 4.79 Å². The third-order valence-electron chi connectivity index (χ3n) is 2.24. The van der Waals surface area contributed by atoms with Crippen molar-refractivity contribution in [2.45, 2.75) is 50.8 Å². The summed E-state index contributed by atoms with van der Waals surface area (Å²) in [5, 5.41) is 2.69. The molecule has 1 aliphatic rings. The molecule has 1 fully saturated rings. The maximum Gasteiger partial charge on any atom is 0.408 e. The number of nitrogens with two attached hydrogens (primary N) is 1. The van der Waals surface area contributed by atoms with Gasteiger partial charge < -0.3 is 15.8 Å². The summed E-state index contributed by atoms with van der Waals surface area (Å²) < 4.78 is 5.12. The Hall–Kier alpha value is -1.21. The van der Waals surface area contributed by atoms with Crippen LogP contribution in [0.5, 0.6) is 0 Å². The molecule has 0 radical (unpaired) electrons. The molecule has 0 aromatic carbocycles. The number of hydrogen-bond acceptors (Lipinski definition) is 3. The van der Waals surface area contributed by atoms with E-state index in [0.717, 1.165) is 0 Å². The summed E-state index contributed by atoms with van der Waals surface area (Å²) in [6.45, 7) is 5.42. The summed E-state index contributed by atoms with van der Waals surface area (Å²) >= 11 is 0. The van der Waals surface area contributed by atoms with Crippen LogP contribution in [0.1, 0.15) is 33.6 Å². The minimum absolute atomic E-state index is 0.0796. The van der Waals surface area contributed by atoms with Crippen LogP contribution >= 0.6 is 0 Å². The lowest BCUT2D eigenvalue weighted by molar-refractivity contribution is 0.0427. The Labute approximate surface area is 90.5 Å². The van der Waals surface area contributed by atoms with E-state index in [1.165, 1.54) is 0 Å². The summed E-state index contributed by atoms with van der Waals surface area (Å²) in [6.07, 6.45) is 6.12. The molecule has 0 aromatic rings. The molecule has 0 unspecified atom stereocenters. The summed E-state index contributed by atoms with van der Waals surface area (Å²) in [4.78, 5) is 11.5. The highest BCUT2D eigenvalue weighted by Crippen LogP contribution is 2.30. The highest BCUT2D eigenvalue weighted by Gasteiger charge is 2.43. The minimum Gasteiger partial charge on any atom is -0.444 e. The van der Waals surface area contributed by atoms with Crippen LogP contribution in [-0.4, -0.2) is 23.3 Å². The number of carbonyl (C=O) groups excluding carboxylic acids is 1. The number of alkyl carbamates (subject to hydrolysis) is 1. The maximum absolute atomic E-state index is 11.5. The van der Waals surface area contributed by atoms with E-state index >= 15 is 0 Å². The Morgan fingerprint density at radius 2 is 2.13 bits per heavy atom. The Morgan fingerprint density at radius 3 is 2.47 bits per heavy atom. The van der Waals surface area contributed by atoms with Crippen LogP contribution in [0.3, 0.4) is 0 Å². The third-order valence-corrected chi connectivity index (χ3v) is 2.24. The number of hydrogen-bond donors (Lipinski definition) is 2. The van der Waals surface area contributed by atoms with Gasteiger partial charge in [-0.15, -0.1) is 6.42 Å². The SMILES string of the molecule is C#C[C@]1(NC(=O)OC(C)(C)C)C[C@@H](N)C1. The topological polar surface area (TPSA) is 64.3 Å². The van der Waals surface area contributed by atoms with Gasteiger partial charge in [-0.2, -0.15) is 0 Å². The molecule has 1 rings (SSSR count). The van der Waals surface area contributed by atoms with Gasteiger partial charge in [-0.3, -0.25) is 0 Å². The highest BCUT2D eigenvalue weighted by atomic mass is 16.6. The van der Waals surface area contributed by atoms with E-state index in [0.29, 0.717) is 12.8 Å². The predicted molar refractivity (Wildman–Crippen MR) is 58.1 cm³/mol. The molecule has 1 saturated carbocycles. The zero-order valence-electron chi connectivity index (χ0n) is 9.46. The van der Waals surface area contributed by atoms with E-state index < -0.39 is 17.2 Å². The van der Waals surface area contributed by atoms with E-state index in [4.69, 9.17) is 16.9 Å². The van der Waals surface area contributed by atoms with Crippen molar-refractivity contribution in [2.24, 2.45) is 5.73 Å². The van der Waals surface area contributed by atoms with Crippen LogP contribution in [0.2, 0.25) is 0 Å². The van der Waals surface area contributed by atoms with Gasteiger partial charge in [0, 0.05) is 6.04 Å². The molecule has 0 aliphatic heterocycles. The summed E-state index contributed by atoms with van der Waals surface area (Å²) in [5.74, 6) is 2.57. The van der Waals surface area contributed by atoms with Gasteiger partial charge in [0.2, 0.25) is 0 Å². The monoisotopic (exact) mass is 210 g/mol. The standard InChI is InChI=1S/C11H18N2O2/c1-5-11(6-8(12)7-11)13-9(14)15-10(2,3)4/h1,8H,6-7,12H2,2-4H3,(H,13,14)/t8-,11+. The van der Waals surface area contributed by atoms with Gasteiger partial charge in [0.1, 0.15) is 11.1 Å². The number of terminal acetylenes is 1. The molecular formula is C11H18N2O2. The molecule has 3 N–H and O–H groups in total. The molecule has 4 nitrogen and oxygen atoms in total. The van der Waals surface area contributed by atoms with E-state index in [2.05, 4.69) is 11.2 Å². The minimum atomic E-state index is -0.595. The number of carbonyl (C=O) groups is 1. The van der Waals surface area contributed by atoms with Crippen LogP contribution < -0.4 is 11.1 Å². The van der Waals surface area contributed by atoms with Gasteiger partial charge >= 0.3 is 6.09 Å². The van der Waals surface area contributed by atoms with Gasteiger partial charge in [-0.1, -0.05) is 5.92 Å². The number of nitrogens with one attached hydrogen (secondary N) is 1. The molecule has 0 saturated heterocycles. The first-order chi connectivity index (χ1) is 6.76. The van der Waals surface area contributed by atoms with Crippen molar-refractivity contribution in [1.29, 1.82) is 0 Å². The zero-order chi connectivity index (χ0) is 11.7. The average molecular weight is 210 g/mol. The Kier molecular flexibility index (Phi) is 2.96. The normalized spacial score (nSPS) is 29.9. The van der Waals surface area contributed by atoms with Crippen molar-refractivity contribution < 1.29 is 9.53 Å². The molecular weight excluding hydrogens is 192 g/mol. The van der Waals surface area contributed by atoms with Crippen LogP contribution in [0.4, 0.5) is 4.79 Å². The van der Waals surface area contributed by atoms with Crippen LogP contribution in [0.25, 0.3) is 0 Å². The fourth-order valence-corrected chi connectivity index (χ4v) is 1.59. The second-order valence-electron chi connectivity index (χ2n) is 5.02. The summed E-state index contributed by atoms with van der Waals surface area (Å²) in [7, 11) is 0. The Morgan fingerprint density at radius 1 is 1.60 bits per heavy atom. The van der Waals surface area contributed by atoms with Crippen molar-refractivity contribution in [1.82, 2.24) is 5.32 Å². The lowest BCUT2D eigenvalue weighted by Gasteiger charge is -2.42. The number of ether oxygens (including phenoxy) is 1. The molecule has 0 aromatic heterocycles. The van der Waals surface area contributed by atoms with Gasteiger partial charge in [-0.05, 0) is 33.6 Å². The van der Waals surface area contributed by atoms with E-state index in [1.807, 2.05) is 20.8 Å². The van der Waals surface area contributed by atoms with E-state index in [9.17, 15) is 4.79 Å². The van der Waals surface area contributed by atoms with Crippen molar-refractivity contribution >= 4 is 6.09 Å². The molecule has 1 aliphatic carbocycles. The lowest BCUT2D eigenvalue weighted by Crippen LogP contribution is -2.61. The molecule has 0 bridgehead atoms. The molecule has 0 spiro atoms. The first-order valence-electron chi connectivity index (χ1n) is 5.01. The van der Waals surface area contributed by atoms with Crippen LogP contribution in [0.15, 0.2) is 0 Å². The maximum atomic E-state index is 11.5. The first kappa shape index (κ1) is 11.9. The molecule has 0 heterocycles. The third kappa shape index (κ3) is 3.14. The fraction of sp³-hybridized carbons (Fsp3) is 0.727. The van der Waals surface area contributed by atoms with Crippen molar-refractivity contribution in [3.63, 3.8) is 0 Å². The lowest BCUT2D eigenvalue weighted by atomic mass is 9.74. The Bertz CT molecular complexity index is 293. The molecule has 84 valence electrons. The quantitative estimate of drug-likeness (QED) is 0.635. The number of amides is 1. The van der Waals surface area contributed by atoms with Gasteiger partial charge in [0.05, 0.1) is 0 Å². The van der Waals surface area contributed by atoms with E-state index in [1.54, 1.807) is 0 Å². The number of rotatable bonds is 1. The second-order valence-corrected chi connectivity index (χ2v) is 5.02. The average Bonchev–Trinajstić information content (AvgIpc) is 1.97. The van der Waals surface area contributed by atoms with Crippen molar-refractivity contribution in [2.75, 3.05) is 0 Å². The predicted octanol–water partition coefficient (Wildman–Crippen LogP) is 1.00. The summed E-state index contributed by atoms with van der Waals surface area (Å²) in [5.41, 5.74) is 4.54. The summed E-state index contributed by atoms with van der Waals surface area (Å²) in [6, 6.07) is 0.0796. The highest BCUT2D eigenvalue weighted by molar-refractivity contribution is 5.70. The van der Waals surface area contributed by atoms with E-state index in [-0.39, 0.29) is 6.04 Å². The largest absolute Gasteiger partial charge is 0.444 e. The van der Waals surface area contributed by atoms with Gasteiger partial charge in [0.15, 0.2) is 0 Å². The Balaban J connectivity index is 2.48. The second kappa shape index (κ2) is 3.74. The van der Waals surface area contributed by atoms with Crippen molar-refractivity contribution in [3.8, 4) is 12.3 Å². The molecule has 1 amide bonds. The first-order valence-corrected chi connectivity index (χ1v) is 5.01. The zero-order valence-corrected chi connectivity index (χ0v) is 9.46. The van der Waals surface area contributed by atoms with Crippen molar-refractivity contribution in [3.05, 3.63) is 0 Å². The fourth-order valence-electron chi connectivity index (χ4n) is 1.59. The smallest absolute Gasteiger partial charge is 0.408 e. The molecule has 15 heavy (non-hydrogen) atoms. The molecule has 0 atom stereocenters.